The fraction of sp³-hybridized carbons (Fsp3) is 0.176. The quantitative estimate of drug-likeness (QED) is 0.462. The van der Waals surface area contributed by atoms with Gasteiger partial charge in [0.2, 0.25) is 5.28 Å². The maximum absolute atomic E-state index is 12.6. The predicted molar refractivity (Wildman–Crippen MR) is 93.6 cm³/mol. The molecule has 0 aliphatic rings. The third-order valence-corrected chi connectivity index (χ3v) is 3.54. The molecular weight excluding hydrogens is 346 g/mol. The van der Waals surface area contributed by atoms with Crippen LogP contribution in [0.4, 0.5) is 10.5 Å². The van der Waals surface area contributed by atoms with Crippen molar-refractivity contribution in [1.29, 1.82) is 0 Å². The summed E-state index contributed by atoms with van der Waals surface area (Å²) in [6.07, 6.45) is 1.72. The van der Waals surface area contributed by atoms with Crippen LogP contribution in [0.3, 0.4) is 0 Å². The van der Waals surface area contributed by atoms with E-state index in [-0.39, 0.29) is 41.0 Å². The molecule has 0 bridgehead atoms. The summed E-state index contributed by atoms with van der Waals surface area (Å²) in [6, 6.07) is 6.31. The van der Waals surface area contributed by atoms with Crippen LogP contribution in [0.1, 0.15) is 16.1 Å². The van der Waals surface area contributed by atoms with Gasteiger partial charge in [0.05, 0.1) is 30.5 Å². The van der Waals surface area contributed by atoms with Gasteiger partial charge in [0, 0.05) is 12.7 Å². The number of Topliss-reactive ketones (excluding diaryl/α,β-unsaturated/α-hetero) is 1. The molecule has 1 aromatic heterocycles. The third-order valence-electron chi connectivity index (χ3n) is 3.36. The van der Waals surface area contributed by atoms with Crippen LogP contribution in [-0.4, -0.2) is 40.6 Å². The molecule has 0 spiro atoms. The highest BCUT2D eigenvalue weighted by Crippen LogP contribution is 2.33. The number of halogens is 1. The van der Waals surface area contributed by atoms with Crippen LogP contribution in [0.25, 0.3) is 0 Å². The number of para-hydroxylation sites is 1. The van der Waals surface area contributed by atoms with E-state index >= 15 is 0 Å². The van der Waals surface area contributed by atoms with Gasteiger partial charge in [0.25, 0.3) is 0 Å². The Balaban J connectivity index is 2.40. The Morgan fingerprint density at radius 3 is 2.76 bits per heavy atom. The van der Waals surface area contributed by atoms with Crippen molar-refractivity contribution in [3.63, 3.8) is 0 Å². The van der Waals surface area contributed by atoms with Gasteiger partial charge >= 0.3 is 6.09 Å². The van der Waals surface area contributed by atoms with E-state index in [1.165, 1.54) is 19.4 Å². The number of ether oxygens (including phenoxy) is 1. The van der Waals surface area contributed by atoms with Crippen LogP contribution >= 0.6 is 11.6 Å². The summed E-state index contributed by atoms with van der Waals surface area (Å²) in [5.74, 6) is -0.102. The number of carboxylic acid groups (broad SMARTS) is 1. The van der Waals surface area contributed by atoms with Gasteiger partial charge < -0.3 is 9.84 Å². The maximum Gasteiger partial charge on any atom is 0.412 e. The summed E-state index contributed by atoms with van der Waals surface area (Å²) >= 11 is 5.73. The number of methoxy groups -OCH3 is 1. The van der Waals surface area contributed by atoms with E-state index in [2.05, 4.69) is 16.5 Å². The number of aromatic nitrogens is 2. The third kappa shape index (κ3) is 4.33. The summed E-state index contributed by atoms with van der Waals surface area (Å²) < 4.78 is 5.32. The highest BCUT2D eigenvalue weighted by Gasteiger charge is 2.22. The van der Waals surface area contributed by atoms with Gasteiger partial charge in [-0.05, 0) is 29.8 Å². The molecule has 0 saturated carbocycles. The number of hydrogen-bond acceptors (Lipinski definition) is 5. The first-order chi connectivity index (χ1) is 12.0. The Kier molecular flexibility index (Phi) is 6.08. The second kappa shape index (κ2) is 8.25. The molecule has 0 aliphatic heterocycles. The first-order valence-corrected chi connectivity index (χ1v) is 7.64. The molecule has 130 valence electrons. The second-order valence-electron chi connectivity index (χ2n) is 4.96. The van der Waals surface area contributed by atoms with E-state index < -0.39 is 6.09 Å². The fourth-order valence-electron chi connectivity index (χ4n) is 2.31. The summed E-state index contributed by atoms with van der Waals surface area (Å²) in [4.78, 5) is 32.9. The molecule has 0 fully saturated rings. The Hall–Kier alpha value is -2.93. The number of rotatable bonds is 7. The summed E-state index contributed by atoms with van der Waals surface area (Å²) in [7, 11) is 1.38. The minimum atomic E-state index is -1.18. The van der Waals surface area contributed by atoms with Gasteiger partial charge in [0.15, 0.2) is 11.5 Å². The van der Waals surface area contributed by atoms with Crippen LogP contribution in [0.2, 0.25) is 5.28 Å². The van der Waals surface area contributed by atoms with E-state index in [0.29, 0.717) is 5.69 Å². The van der Waals surface area contributed by atoms with Gasteiger partial charge in [-0.1, -0.05) is 12.1 Å². The van der Waals surface area contributed by atoms with Crippen molar-refractivity contribution in [2.75, 3.05) is 18.6 Å². The van der Waals surface area contributed by atoms with Crippen LogP contribution in [-0.2, 0) is 6.42 Å². The van der Waals surface area contributed by atoms with E-state index in [9.17, 15) is 14.7 Å². The van der Waals surface area contributed by atoms with Crippen LogP contribution in [0, 0.1) is 0 Å². The largest absolute Gasteiger partial charge is 0.494 e. The molecule has 1 N–H and O–H groups in total. The molecule has 0 atom stereocenters. The minimum absolute atomic E-state index is 0.0173. The van der Waals surface area contributed by atoms with Crippen molar-refractivity contribution in [3.8, 4) is 5.75 Å². The summed E-state index contributed by atoms with van der Waals surface area (Å²) in [6.45, 7) is 3.61. The molecule has 8 heteroatoms. The number of amides is 1. The molecule has 0 aliphatic carbocycles. The minimum Gasteiger partial charge on any atom is -0.494 e. The number of hydrogen-bond donors (Lipinski definition) is 1. The first kappa shape index (κ1) is 18.4. The summed E-state index contributed by atoms with van der Waals surface area (Å²) in [5.41, 5.74) is 0.977. The SMILES string of the molecule is C=CCN(C(=O)O)c1cccc(C(=O)Cc2ccnc(Cl)n2)c1OC. The normalized spacial score (nSPS) is 10.2. The Morgan fingerprint density at radius 2 is 2.16 bits per heavy atom. The highest BCUT2D eigenvalue weighted by atomic mass is 35.5. The number of carbonyl (C=O) groups excluding carboxylic acids is 1. The number of benzene rings is 1. The highest BCUT2D eigenvalue weighted by molar-refractivity contribution is 6.28. The predicted octanol–water partition coefficient (Wildman–Crippen LogP) is 3.23. The molecule has 1 heterocycles. The maximum atomic E-state index is 12.6. The van der Waals surface area contributed by atoms with Crippen molar-refractivity contribution in [3.05, 3.63) is 59.7 Å². The monoisotopic (exact) mass is 361 g/mol. The lowest BCUT2D eigenvalue weighted by atomic mass is 10.0. The molecule has 25 heavy (non-hydrogen) atoms. The molecule has 1 aromatic carbocycles. The molecule has 0 radical (unpaired) electrons. The van der Waals surface area contributed by atoms with Crippen LogP contribution in [0.15, 0.2) is 43.1 Å². The molecular formula is C17H16ClN3O4. The molecule has 1 amide bonds. The Morgan fingerprint density at radius 1 is 1.40 bits per heavy atom. The second-order valence-corrected chi connectivity index (χ2v) is 5.29. The lowest BCUT2D eigenvalue weighted by Crippen LogP contribution is -2.30. The first-order valence-electron chi connectivity index (χ1n) is 7.27. The fourth-order valence-corrected chi connectivity index (χ4v) is 2.47. The number of ketones is 1. The Labute approximate surface area is 149 Å². The van der Waals surface area contributed by atoms with Gasteiger partial charge in [-0.25, -0.2) is 14.8 Å². The molecule has 0 saturated heterocycles. The zero-order valence-electron chi connectivity index (χ0n) is 13.5. The van der Waals surface area contributed by atoms with E-state index in [1.807, 2.05) is 0 Å². The van der Waals surface area contributed by atoms with Crippen molar-refractivity contribution >= 4 is 29.2 Å². The van der Waals surface area contributed by atoms with Gasteiger partial charge in [-0.3, -0.25) is 9.69 Å². The average Bonchev–Trinajstić information content (AvgIpc) is 2.58. The van der Waals surface area contributed by atoms with Crippen molar-refractivity contribution in [1.82, 2.24) is 9.97 Å². The number of anilines is 1. The van der Waals surface area contributed by atoms with Gasteiger partial charge in [-0.2, -0.15) is 0 Å². The Bertz CT molecular complexity index is 810. The summed E-state index contributed by atoms with van der Waals surface area (Å²) in [5, 5.41) is 9.43. The van der Waals surface area contributed by atoms with E-state index in [4.69, 9.17) is 16.3 Å². The van der Waals surface area contributed by atoms with Gasteiger partial charge in [0.1, 0.15) is 0 Å². The van der Waals surface area contributed by atoms with E-state index in [1.54, 1.807) is 24.3 Å². The van der Waals surface area contributed by atoms with Crippen LogP contribution < -0.4 is 9.64 Å². The lowest BCUT2D eigenvalue weighted by molar-refractivity contribution is 0.0989. The smallest absolute Gasteiger partial charge is 0.412 e. The molecule has 2 aromatic rings. The van der Waals surface area contributed by atoms with Crippen LogP contribution in [0.5, 0.6) is 5.75 Å². The average molecular weight is 362 g/mol. The molecule has 7 nitrogen and oxygen atoms in total. The van der Waals surface area contributed by atoms with E-state index in [0.717, 1.165) is 4.90 Å². The zero-order valence-corrected chi connectivity index (χ0v) is 14.2. The zero-order chi connectivity index (χ0) is 18.4. The van der Waals surface area contributed by atoms with Crippen molar-refractivity contribution in [2.45, 2.75) is 6.42 Å². The molecule has 2 rings (SSSR count). The number of nitrogens with zero attached hydrogens (tertiary/aromatic N) is 3. The lowest BCUT2D eigenvalue weighted by Gasteiger charge is -2.21. The topological polar surface area (TPSA) is 92.6 Å². The molecule has 0 unspecified atom stereocenters. The van der Waals surface area contributed by atoms with Crippen molar-refractivity contribution < 1.29 is 19.4 Å². The number of carbonyl (C=O) groups is 2. The van der Waals surface area contributed by atoms with Gasteiger partial charge in [-0.15, -0.1) is 6.58 Å². The van der Waals surface area contributed by atoms with Crippen molar-refractivity contribution in [2.24, 2.45) is 0 Å². The standard InChI is InChI=1S/C17H16ClN3O4/c1-3-9-21(17(23)24)13-6-4-5-12(15(13)25-2)14(22)10-11-7-8-19-16(18)20-11/h3-8H,1,9-10H2,2H3,(H,23,24).